The van der Waals surface area contributed by atoms with Crippen molar-refractivity contribution in [2.75, 3.05) is 11.9 Å². The number of ether oxygens (including phenoxy) is 1. The van der Waals surface area contributed by atoms with E-state index in [-0.39, 0.29) is 6.04 Å². The SMILES string of the molecule is CCOc1ccc(NC(C)c2ccc(C)cc2C)c(C)c1. The van der Waals surface area contributed by atoms with Gasteiger partial charge in [-0.05, 0) is 69.5 Å². The molecule has 0 aliphatic carbocycles. The van der Waals surface area contributed by atoms with Crippen LogP contribution in [0.5, 0.6) is 5.75 Å². The molecule has 2 nitrogen and oxygen atoms in total. The third-order valence-corrected chi connectivity index (χ3v) is 3.77. The van der Waals surface area contributed by atoms with E-state index in [2.05, 4.69) is 63.3 Å². The van der Waals surface area contributed by atoms with Gasteiger partial charge in [-0.2, -0.15) is 0 Å². The van der Waals surface area contributed by atoms with E-state index in [4.69, 9.17) is 4.74 Å². The van der Waals surface area contributed by atoms with Crippen molar-refractivity contribution in [1.29, 1.82) is 0 Å². The van der Waals surface area contributed by atoms with E-state index in [1.54, 1.807) is 0 Å². The van der Waals surface area contributed by atoms with Gasteiger partial charge in [0.15, 0.2) is 0 Å². The zero-order valence-electron chi connectivity index (χ0n) is 13.7. The molecule has 0 spiro atoms. The summed E-state index contributed by atoms with van der Waals surface area (Å²) in [5.41, 5.74) is 6.34. The summed E-state index contributed by atoms with van der Waals surface area (Å²) in [6, 6.07) is 13.1. The molecule has 21 heavy (non-hydrogen) atoms. The van der Waals surface area contributed by atoms with Crippen LogP contribution in [0, 0.1) is 20.8 Å². The van der Waals surface area contributed by atoms with Crippen LogP contribution in [0.25, 0.3) is 0 Å². The van der Waals surface area contributed by atoms with Gasteiger partial charge in [0.1, 0.15) is 5.75 Å². The number of nitrogens with one attached hydrogen (secondary N) is 1. The minimum absolute atomic E-state index is 0.280. The predicted octanol–water partition coefficient (Wildman–Crippen LogP) is 5.18. The predicted molar refractivity (Wildman–Crippen MR) is 90.3 cm³/mol. The molecule has 1 atom stereocenters. The molecular weight excluding hydrogens is 258 g/mol. The van der Waals surface area contributed by atoms with Gasteiger partial charge in [-0.3, -0.25) is 0 Å². The summed E-state index contributed by atoms with van der Waals surface area (Å²) in [5.74, 6) is 0.930. The number of benzene rings is 2. The molecule has 112 valence electrons. The molecule has 1 N–H and O–H groups in total. The number of hydrogen-bond donors (Lipinski definition) is 1. The van der Waals surface area contributed by atoms with Crippen LogP contribution in [0.1, 0.15) is 42.1 Å². The quantitative estimate of drug-likeness (QED) is 0.816. The van der Waals surface area contributed by atoms with E-state index in [0.29, 0.717) is 6.61 Å². The molecule has 2 heteroatoms. The second-order valence-corrected chi connectivity index (χ2v) is 5.64. The minimum Gasteiger partial charge on any atom is -0.494 e. The first-order valence-electron chi connectivity index (χ1n) is 7.58. The average molecular weight is 283 g/mol. The lowest BCUT2D eigenvalue weighted by Crippen LogP contribution is -2.09. The van der Waals surface area contributed by atoms with Gasteiger partial charge >= 0.3 is 0 Å². The zero-order chi connectivity index (χ0) is 15.4. The fourth-order valence-electron chi connectivity index (χ4n) is 2.68. The first kappa shape index (κ1) is 15.4. The normalized spacial score (nSPS) is 12.0. The summed E-state index contributed by atoms with van der Waals surface area (Å²) in [6.45, 7) is 11.3. The molecule has 0 amide bonds. The maximum Gasteiger partial charge on any atom is 0.119 e. The lowest BCUT2D eigenvalue weighted by molar-refractivity contribution is 0.340. The average Bonchev–Trinajstić information content (AvgIpc) is 2.42. The second kappa shape index (κ2) is 6.66. The summed E-state index contributed by atoms with van der Waals surface area (Å²) in [7, 11) is 0. The third kappa shape index (κ3) is 3.78. The Morgan fingerprint density at radius 1 is 1.00 bits per heavy atom. The third-order valence-electron chi connectivity index (χ3n) is 3.77. The Labute approximate surface area is 128 Å². The molecule has 0 bridgehead atoms. The van der Waals surface area contributed by atoms with Crippen LogP contribution in [0.4, 0.5) is 5.69 Å². The van der Waals surface area contributed by atoms with Crippen molar-refractivity contribution < 1.29 is 4.74 Å². The van der Waals surface area contributed by atoms with Gasteiger partial charge in [0.25, 0.3) is 0 Å². The van der Waals surface area contributed by atoms with Crippen LogP contribution in [0.2, 0.25) is 0 Å². The molecule has 0 radical (unpaired) electrons. The van der Waals surface area contributed by atoms with Crippen molar-refractivity contribution in [2.45, 2.75) is 40.7 Å². The van der Waals surface area contributed by atoms with Crippen molar-refractivity contribution in [3.8, 4) is 5.75 Å². The maximum atomic E-state index is 5.54. The van der Waals surface area contributed by atoms with Gasteiger partial charge in [0.05, 0.1) is 6.61 Å². The van der Waals surface area contributed by atoms with Gasteiger partial charge in [0.2, 0.25) is 0 Å². The number of anilines is 1. The Bertz CT molecular complexity index is 619. The summed E-state index contributed by atoms with van der Waals surface area (Å²) in [6.07, 6.45) is 0. The largest absolute Gasteiger partial charge is 0.494 e. The number of aryl methyl sites for hydroxylation is 3. The topological polar surface area (TPSA) is 21.3 Å². The standard InChI is InChI=1S/C19H25NO/c1-6-21-17-8-10-19(15(4)12-17)20-16(5)18-9-7-13(2)11-14(18)3/h7-12,16,20H,6H2,1-5H3. The summed E-state index contributed by atoms with van der Waals surface area (Å²) >= 11 is 0. The Morgan fingerprint density at radius 3 is 2.38 bits per heavy atom. The molecule has 0 fully saturated rings. The lowest BCUT2D eigenvalue weighted by Gasteiger charge is -2.20. The molecule has 0 aliphatic heterocycles. The van der Waals surface area contributed by atoms with Crippen LogP contribution in [0.15, 0.2) is 36.4 Å². The Kier molecular flexibility index (Phi) is 4.89. The van der Waals surface area contributed by atoms with Gasteiger partial charge in [0, 0.05) is 11.7 Å². The summed E-state index contributed by atoms with van der Waals surface area (Å²) < 4.78 is 5.54. The van der Waals surface area contributed by atoms with E-state index < -0.39 is 0 Å². The van der Waals surface area contributed by atoms with Gasteiger partial charge in [-0.1, -0.05) is 23.8 Å². The van der Waals surface area contributed by atoms with Gasteiger partial charge < -0.3 is 10.1 Å². The molecule has 0 aromatic heterocycles. The van der Waals surface area contributed by atoms with Crippen molar-refractivity contribution in [2.24, 2.45) is 0 Å². The molecule has 0 aliphatic rings. The minimum atomic E-state index is 0.280. The Morgan fingerprint density at radius 2 is 1.76 bits per heavy atom. The van der Waals surface area contributed by atoms with Crippen molar-refractivity contribution in [3.63, 3.8) is 0 Å². The lowest BCUT2D eigenvalue weighted by atomic mass is 10.00. The number of rotatable bonds is 5. The molecule has 2 aromatic rings. The zero-order valence-corrected chi connectivity index (χ0v) is 13.7. The highest BCUT2D eigenvalue weighted by atomic mass is 16.5. The molecule has 0 heterocycles. The highest BCUT2D eigenvalue weighted by Gasteiger charge is 2.10. The fraction of sp³-hybridized carbons (Fsp3) is 0.368. The molecule has 2 rings (SSSR count). The highest BCUT2D eigenvalue weighted by Crippen LogP contribution is 2.27. The highest BCUT2D eigenvalue weighted by molar-refractivity contribution is 5.55. The van der Waals surface area contributed by atoms with E-state index in [0.717, 1.165) is 11.4 Å². The van der Waals surface area contributed by atoms with Crippen LogP contribution >= 0.6 is 0 Å². The van der Waals surface area contributed by atoms with Crippen LogP contribution in [0.3, 0.4) is 0 Å². The Balaban J connectivity index is 2.17. The van der Waals surface area contributed by atoms with Crippen molar-refractivity contribution in [1.82, 2.24) is 0 Å². The Hall–Kier alpha value is -1.96. The molecular formula is C19H25NO. The smallest absolute Gasteiger partial charge is 0.119 e. The van der Waals surface area contributed by atoms with Crippen LogP contribution < -0.4 is 10.1 Å². The second-order valence-electron chi connectivity index (χ2n) is 5.64. The van der Waals surface area contributed by atoms with Gasteiger partial charge in [-0.15, -0.1) is 0 Å². The monoisotopic (exact) mass is 283 g/mol. The maximum absolute atomic E-state index is 5.54. The summed E-state index contributed by atoms with van der Waals surface area (Å²) in [5, 5.41) is 3.60. The van der Waals surface area contributed by atoms with Crippen molar-refractivity contribution >= 4 is 5.69 Å². The first-order chi connectivity index (χ1) is 10.0. The number of hydrogen-bond acceptors (Lipinski definition) is 2. The van der Waals surface area contributed by atoms with Crippen LogP contribution in [-0.4, -0.2) is 6.61 Å². The molecule has 0 saturated heterocycles. The van der Waals surface area contributed by atoms with E-state index in [1.165, 1.54) is 22.3 Å². The van der Waals surface area contributed by atoms with Crippen LogP contribution in [-0.2, 0) is 0 Å². The molecule has 1 unspecified atom stereocenters. The van der Waals surface area contributed by atoms with E-state index in [1.807, 2.05) is 13.0 Å². The summed E-state index contributed by atoms with van der Waals surface area (Å²) in [4.78, 5) is 0. The van der Waals surface area contributed by atoms with E-state index >= 15 is 0 Å². The van der Waals surface area contributed by atoms with E-state index in [9.17, 15) is 0 Å². The fourth-order valence-corrected chi connectivity index (χ4v) is 2.68. The van der Waals surface area contributed by atoms with Crippen molar-refractivity contribution in [3.05, 3.63) is 58.7 Å². The van der Waals surface area contributed by atoms with Gasteiger partial charge in [-0.25, -0.2) is 0 Å². The molecule has 0 saturated carbocycles. The first-order valence-corrected chi connectivity index (χ1v) is 7.58. The molecule has 2 aromatic carbocycles.